The van der Waals surface area contributed by atoms with E-state index in [0.29, 0.717) is 48.6 Å². The molecule has 2 heterocycles. The molecule has 1 aromatic heterocycles. The third-order valence-corrected chi connectivity index (χ3v) is 5.08. The average Bonchev–Trinajstić information content (AvgIpc) is 3.07. The molecule has 3 aromatic rings. The first-order valence-electron chi connectivity index (χ1n) is 9.44. The number of carbonyl (C=O) groups is 1. The summed E-state index contributed by atoms with van der Waals surface area (Å²) >= 11 is 0. The molecule has 1 amide bonds. The number of nitrogens with one attached hydrogen (secondary N) is 3. The van der Waals surface area contributed by atoms with E-state index in [9.17, 15) is 22.8 Å². The van der Waals surface area contributed by atoms with Gasteiger partial charge in [-0.3, -0.25) is 9.69 Å². The number of aromatic nitrogens is 2. The van der Waals surface area contributed by atoms with Crippen molar-refractivity contribution in [1.29, 1.82) is 0 Å². The maximum atomic E-state index is 12.9. The molecule has 0 bridgehead atoms. The lowest BCUT2D eigenvalue weighted by atomic mass is 10.1. The van der Waals surface area contributed by atoms with Crippen molar-refractivity contribution in [2.24, 2.45) is 0 Å². The molecule has 1 aliphatic heterocycles. The molecule has 0 spiro atoms. The predicted octanol–water partition coefficient (Wildman–Crippen LogP) is 2.64. The van der Waals surface area contributed by atoms with Gasteiger partial charge in [-0.05, 0) is 36.4 Å². The quantitative estimate of drug-likeness (QED) is 0.607. The van der Waals surface area contributed by atoms with Crippen molar-refractivity contribution in [2.45, 2.75) is 6.18 Å². The van der Waals surface area contributed by atoms with E-state index in [4.69, 9.17) is 0 Å². The van der Waals surface area contributed by atoms with E-state index in [1.807, 2.05) is 9.80 Å². The molecule has 1 fully saturated rings. The summed E-state index contributed by atoms with van der Waals surface area (Å²) in [5.74, 6) is -0.195. The molecule has 1 saturated heterocycles. The number of H-pyrrole nitrogens is 2. The number of fused-ring (bicyclic) bond motifs is 1. The van der Waals surface area contributed by atoms with Crippen LogP contribution in [0.4, 0.5) is 24.5 Å². The summed E-state index contributed by atoms with van der Waals surface area (Å²) < 4.78 is 38.7. The Morgan fingerprint density at radius 2 is 1.73 bits per heavy atom. The Hall–Kier alpha value is -3.27. The van der Waals surface area contributed by atoms with E-state index in [0.717, 1.165) is 12.1 Å². The zero-order valence-electron chi connectivity index (χ0n) is 15.9. The number of rotatable bonds is 4. The normalized spacial score (nSPS) is 15.5. The molecule has 0 aliphatic carbocycles. The van der Waals surface area contributed by atoms with Gasteiger partial charge >= 0.3 is 11.9 Å². The second-order valence-electron chi connectivity index (χ2n) is 7.20. The zero-order chi connectivity index (χ0) is 21.3. The predicted molar refractivity (Wildman–Crippen MR) is 108 cm³/mol. The molecular formula is C20H20F3N5O2. The number of amides is 1. The molecule has 158 valence electrons. The smallest absolute Gasteiger partial charge is 0.369 e. The van der Waals surface area contributed by atoms with Crippen LogP contribution in [0.15, 0.2) is 47.3 Å². The first-order valence-corrected chi connectivity index (χ1v) is 9.44. The molecule has 4 rings (SSSR count). The van der Waals surface area contributed by atoms with E-state index < -0.39 is 11.7 Å². The highest BCUT2D eigenvalue weighted by molar-refractivity contribution is 5.94. The van der Waals surface area contributed by atoms with Crippen LogP contribution >= 0.6 is 0 Å². The third kappa shape index (κ3) is 4.48. The Labute approximate surface area is 169 Å². The second-order valence-corrected chi connectivity index (χ2v) is 7.20. The van der Waals surface area contributed by atoms with Crippen LogP contribution in [0.3, 0.4) is 0 Å². The lowest BCUT2D eigenvalue weighted by molar-refractivity contribution is -0.137. The Kier molecular flexibility index (Phi) is 5.25. The van der Waals surface area contributed by atoms with E-state index in [-0.39, 0.29) is 18.1 Å². The lowest BCUT2D eigenvalue weighted by Gasteiger charge is -2.36. The van der Waals surface area contributed by atoms with Crippen LogP contribution in [-0.2, 0) is 11.0 Å². The second kappa shape index (κ2) is 7.86. The Morgan fingerprint density at radius 1 is 1.00 bits per heavy atom. The summed E-state index contributed by atoms with van der Waals surface area (Å²) in [6.07, 6.45) is -4.37. The lowest BCUT2D eigenvalue weighted by Crippen LogP contribution is -2.48. The number of benzene rings is 2. The van der Waals surface area contributed by atoms with E-state index in [2.05, 4.69) is 15.3 Å². The van der Waals surface area contributed by atoms with Crippen LogP contribution in [0.1, 0.15) is 5.56 Å². The minimum atomic E-state index is -4.37. The summed E-state index contributed by atoms with van der Waals surface area (Å²) in [6.45, 7) is 2.37. The summed E-state index contributed by atoms with van der Waals surface area (Å²) in [4.78, 5) is 32.8. The molecule has 30 heavy (non-hydrogen) atoms. The summed E-state index contributed by atoms with van der Waals surface area (Å²) in [5.41, 5.74) is 1.39. The van der Waals surface area contributed by atoms with Crippen LogP contribution in [0.25, 0.3) is 11.0 Å². The molecular weight excluding hydrogens is 399 g/mol. The molecule has 3 N–H and O–H groups in total. The van der Waals surface area contributed by atoms with Gasteiger partial charge < -0.3 is 20.2 Å². The number of piperazine rings is 1. The van der Waals surface area contributed by atoms with Crippen molar-refractivity contribution in [3.05, 3.63) is 58.5 Å². The third-order valence-electron chi connectivity index (χ3n) is 5.08. The van der Waals surface area contributed by atoms with Crippen molar-refractivity contribution in [1.82, 2.24) is 14.9 Å². The number of halogens is 3. The van der Waals surface area contributed by atoms with Gasteiger partial charge in [-0.15, -0.1) is 0 Å². The fourth-order valence-corrected chi connectivity index (χ4v) is 3.56. The molecule has 0 radical (unpaired) electrons. The largest absolute Gasteiger partial charge is 0.416 e. The fourth-order valence-electron chi connectivity index (χ4n) is 3.56. The highest BCUT2D eigenvalue weighted by atomic mass is 19.4. The Bertz CT molecular complexity index is 1110. The number of imidazole rings is 1. The molecule has 7 nitrogen and oxygen atoms in total. The molecule has 0 saturated carbocycles. The number of anilines is 2. The SMILES string of the molecule is O=C(CN1CCN(c2cccc(C(F)(F)F)c2)CC1)Nc1ccc2[nH]c(=O)[nH]c2c1. The van der Waals surface area contributed by atoms with Gasteiger partial charge in [-0.1, -0.05) is 6.07 Å². The van der Waals surface area contributed by atoms with Crippen molar-refractivity contribution in [2.75, 3.05) is 42.9 Å². The molecule has 0 unspecified atom stereocenters. The number of alkyl halides is 3. The van der Waals surface area contributed by atoms with Crippen LogP contribution in [0.2, 0.25) is 0 Å². The minimum Gasteiger partial charge on any atom is -0.369 e. The fraction of sp³-hybridized carbons (Fsp3) is 0.300. The van der Waals surface area contributed by atoms with Crippen molar-refractivity contribution in [3.63, 3.8) is 0 Å². The Balaban J connectivity index is 1.32. The van der Waals surface area contributed by atoms with Gasteiger partial charge in [0.25, 0.3) is 0 Å². The van der Waals surface area contributed by atoms with Crippen molar-refractivity contribution >= 4 is 28.3 Å². The number of aromatic amines is 2. The highest BCUT2D eigenvalue weighted by Gasteiger charge is 2.31. The standard InChI is InChI=1S/C20H20F3N5O2/c21-20(22,23)13-2-1-3-15(10-13)28-8-6-27(7-9-28)12-18(29)24-14-4-5-16-17(11-14)26-19(30)25-16/h1-5,10-11H,6-9,12H2,(H,24,29)(H2,25,26,30). The number of carbonyl (C=O) groups excluding carboxylic acids is 1. The molecule has 0 atom stereocenters. The molecule has 1 aliphatic rings. The van der Waals surface area contributed by atoms with Gasteiger partial charge in [0.15, 0.2) is 0 Å². The van der Waals surface area contributed by atoms with Gasteiger partial charge in [-0.25, -0.2) is 4.79 Å². The summed E-state index contributed by atoms with van der Waals surface area (Å²) in [7, 11) is 0. The van der Waals surface area contributed by atoms with Crippen molar-refractivity contribution < 1.29 is 18.0 Å². The number of hydrogen-bond acceptors (Lipinski definition) is 4. The molecule has 10 heteroatoms. The van der Waals surface area contributed by atoms with Crippen LogP contribution < -0.4 is 15.9 Å². The maximum Gasteiger partial charge on any atom is 0.416 e. The van der Waals surface area contributed by atoms with Crippen LogP contribution in [0, 0.1) is 0 Å². The van der Waals surface area contributed by atoms with E-state index in [1.165, 1.54) is 6.07 Å². The van der Waals surface area contributed by atoms with Gasteiger partial charge in [0.1, 0.15) is 0 Å². The highest BCUT2D eigenvalue weighted by Crippen LogP contribution is 2.31. The number of nitrogens with zero attached hydrogens (tertiary/aromatic N) is 2. The van der Waals surface area contributed by atoms with E-state index >= 15 is 0 Å². The molecule has 2 aromatic carbocycles. The topological polar surface area (TPSA) is 84.2 Å². The van der Waals surface area contributed by atoms with E-state index in [1.54, 1.807) is 24.3 Å². The van der Waals surface area contributed by atoms with Gasteiger partial charge in [0.2, 0.25) is 5.91 Å². The zero-order valence-corrected chi connectivity index (χ0v) is 15.9. The first-order chi connectivity index (χ1) is 14.3. The minimum absolute atomic E-state index is 0.179. The maximum absolute atomic E-state index is 12.9. The first kappa shape index (κ1) is 20.0. The van der Waals surface area contributed by atoms with Crippen molar-refractivity contribution in [3.8, 4) is 0 Å². The van der Waals surface area contributed by atoms with Gasteiger partial charge in [0, 0.05) is 37.6 Å². The number of hydrogen-bond donors (Lipinski definition) is 3. The van der Waals surface area contributed by atoms with Gasteiger partial charge in [-0.2, -0.15) is 13.2 Å². The van der Waals surface area contributed by atoms with Crippen LogP contribution in [0.5, 0.6) is 0 Å². The van der Waals surface area contributed by atoms with Crippen LogP contribution in [-0.4, -0.2) is 53.5 Å². The van der Waals surface area contributed by atoms with Gasteiger partial charge in [0.05, 0.1) is 23.1 Å². The Morgan fingerprint density at radius 3 is 2.47 bits per heavy atom. The summed E-state index contributed by atoms with van der Waals surface area (Å²) in [5, 5.41) is 2.80. The monoisotopic (exact) mass is 419 g/mol. The summed E-state index contributed by atoms with van der Waals surface area (Å²) in [6, 6.07) is 10.4. The average molecular weight is 419 g/mol.